The summed E-state index contributed by atoms with van der Waals surface area (Å²) in [4.78, 5) is 16.0. The van der Waals surface area contributed by atoms with Crippen molar-refractivity contribution < 1.29 is 0 Å². The van der Waals surface area contributed by atoms with Gasteiger partial charge in [0.25, 0.3) is 0 Å². The Morgan fingerprint density at radius 1 is 1.27 bits per heavy atom. The Labute approximate surface area is 91.4 Å². The molecule has 2 N–H and O–H groups in total. The number of hydrogen-bond acceptors (Lipinski definition) is 5. The standard InChI is InChI=1S/C9H8ClN5/c10-8-6(2-1-3-12-8)9-14-5-13-7(4-11)15-9/h1-3,5H,4,11H2. The third-order valence-electron chi connectivity index (χ3n) is 1.80. The van der Waals surface area contributed by atoms with Crippen LogP contribution >= 0.6 is 11.6 Å². The van der Waals surface area contributed by atoms with Gasteiger partial charge in [0.1, 0.15) is 17.3 Å². The van der Waals surface area contributed by atoms with Gasteiger partial charge in [0.05, 0.1) is 12.1 Å². The van der Waals surface area contributed by atoms with Crippen LogP contribution in [0.1, 0.15) is 5.82 Å². The summed E-state index contributed by atoms with van der Waals surface area (Å²) in [6, 6.07) is 3.57. The number of nitrogens with two attached hydrogens (primary N) is 1. The van der Waals surface area contributed by atoms with Gasteiger partial charge in [-0.1, -0.05) is 11.6 Å². The minimum atomic E-state index is 0.271. The van der Waals surface area contributed by atoms with E-state index in [4.69, 9.17) is 17.3 Å². The molecular formula is C9H8ClN5. The topological polar surface area (TPSA) is 77.6 Å². The highest BCUT2D eigenvalue weighted by molar-refractivity contribution is 6.31. The van der Waals surface area contributed by atoms with Gasteiger partial charge >= 0.3 is 0 Å². The van der Waals surface area contributed by atoms with E-state index in [0.717, 1.165) is 0 Å². The van der Waals surface area contributed by atoms with E-state index < -0.39 is 0 Å². The molecule has 0 unspecified atom stereocenters. The molecule has 0 aliphatic carbocycles. The Kier molecular flexibility index (Phi) is 2.84. The summed E-state index contributed by atoms with van der Waals surface area (Å²) in [5, 5.41) is 0.367. The molecule has 0 amide bonds. The minimum absolute atomic E-state index is 0.271. The lowest BCUT2D eigenvalue weighted by Crippen LogP contribution is -2.04. The molecule has 0 radical (unpaired) electrons. The van der Waals surface area contributed by atoms with Crippen molar-refractivity contribution in [3.63, 3.8) is 0 Å². The van der Waals surface area contributed by atoms with E-state index in [1.54, 1.807) is 18.3 Å². The average Bonchev–Trinajstić information content (AvgIpc) is 2.30. The van der Waals surface area contributed by atoms with Gasteiger partial charge in [-0.15, -0.1) is 0 Å². The second kappa shape index (κ2) is 4.29. The van der Waals surface area contributed by atoms with Crippen molar-refractivity contribution in [1.82, 2.24) is 19.9 Å². The lowest BCUT2D eigenvalue weighted by Gasteiger charge is -2.02. The van der Waals surface area contributed by atoms with E-state index in [1.807, 2.05) is 0 Å². The molecule has 2 aromatic heterocycles. The highest BCUT2D eigenvalue weighted by atomic mass is 35.5. The fourth-order valence-electron chi connectivity index (χ4n) is 1.11. The van der Waals surface area contributed by atoms with Crippen LogP contribution in [0.25, 0.3) is 11.4 Å². The zero-order valence-corrected chi connectivity index (χ0v) is 8.52. The van der Waals surface area contributed by atoms with Crippen molar-refractivity contribution in [2.75, 3.05) is 0 Å². The highest BCUT2D eigenvalue weighted by Crippen LogP contribution is 2.21. The van der Waals surface area contributed by atoms with Crippen LogP contribution in [0.2, 0.25) is 5.15 Å². The first kappa shape index (κ1) is 9.95. The maximum absolute atomic E-state index is 5.91. The first-order chi connectivity index (χ1) is 7.31. The zero-order valence-electron chi connectivity index (χ0n) is 7.76. The van der Waals surface area contributed by atoms with E-state index in [9.17, 15) is 0 Å². The molecule has 2 heterocycles. The quantitative estimate of drug-likeness (QED) is 0.767. The number of halogens is 1. The molecule has 0 aliphatic heterocycles. The maximum atomic E-state index is 5.91. The monoisotopic (exact) mass is 221 g/mol. The number of hydrogen-bond donors (Lipinski definition) is 1. The van der Waals surface area contributed by atoms with Gasteiger partial charge in [0, 0.05) is 6.20 Å². The molecule has 0 atom stereocenters. The largest absolute Gasteiger partial charge is 0.324 e. The summed E-state index contributed by atoms with van der Waals surface area (Å²) in [5.74, 6) is 1.02. The van der Waals surface area contributed by atoms with E-state index >= 15 is 0 Å². The third-order valence-corrected chi connectivity index (χ3v) is 2.11. The molecule has 15 heavy (non-hydrogen) atoms. The summed E-state index contributed by atoms with van der Waals surface area (Å²) in [6.07, 6.45) is 3.02. The number of rotatable bonds is 2. The number of pyridine rings is 1. The Balaban J connectivity index is 2.49. The molecule has 0 bridgehead atoms. The smallest absolute Gasteiger partial charge is 0.166 e. The van der Waals surface area contributed by atoms with Crippen molar-refractivity contribution in [1.29, 1.82) is 0 Å². The highest BCUT2D eigenvalue weighted by Gasteiger charge is 2.07. The van der Waals surface area contributed by atoms with Crippen LogP contribution in [0, 0.1) is 0 Å². The zero-order chi connectivity index (χ0) is 10.7. The van der Waals surface area contributed by atoms with Crippen LogP contribution in [-0.2, 0) is 6.54 Å². The summed E-state index contributed by atoms with van der Waals surface area (Å²) < 4.78 is 0. The Morgan fingerprint density at radius 3 is 2.87 bits per heavy atom. The first-order valence-corrected chi connectivity index (χ1v) is 4.68. The number of aromatic nitrogens is 4. The van der Waals surface area contributed by atoms with Gasteiger partial charge in [-0.25, -0.2) is 19.9 Å². The van der Waals surface area contributed by atoms with Crippen molar-refractivity contribution >= 4 is 11.6 Å². The third kappa shape index (κ3) is 2.08. The minimum Gasteiger partial charge on any atom is -0.324 e. The van der Waals surface area contributed by atoms with Crippen LogP contribution in [0.3, 0.4) is 0 Å². The summed E-state index contributed by atoms with van der Waals surface area (Å²) in [7, 11) is 0. The Bertz CT molecular complexity index is 474. The van der Waals surface area contributed by atoms with Crippen molar-refractivity contribution in [3.05, 3.63) is 35.6 Å². The number of nitrogens with zero attached hydrogens (tertiary/aromatic N) is 4. The summed E-state index contributed by atoms with van der Waals surface area (Å²) in [6.45, 7) is 0.271. The molecule has 0 aromatic carbocycles. The molecule has 5 nitrogen and oxygen atoms in total. The molecule has 2 aromatic rings. The molecular weight excluding hydrogens is 214 g/mol. The second-order valence-electron chi connectivity index (χ2n) is 2.77. The van der Waals surface area contributed by atoms with Gasteiger partial charge in [-0.3, -0.25) is 0 Å². The average molecular weight is 222 g/mol. The predicted molar refractivity (Wildman–Crippen MR) is 56.0 cm³/mol. The van der Waals surface area contributed by atoms with Crippen LogP contribution in [0.4, 0.5) is 0 Å². The lowest BCUT2D eigenvalue weighted by molar-refractivity contribution is 0.879. The SMILES string of the molecule is NCc1ncnc(-c2cccnc2Cl)n1. The van der Waals surface area contributed by atoms with E-state index in [2.05, 4.69) is 19.9 Å². The lowest BCUT2D eigenvalue weighted by atomic mass is 10.3. The van der Waals surface area contributed by atoms with Gasteiger partial charge in [0.15, 0.2) is 5.82 Å². The van der Waals surface area contributed by atoms with Crippen LogP contribution in [-0.4, -0.2) is 19.9 Å². The van der Waals surface area contributed by atoms with Crippen molar-refractivity contribution in [2.45, 2.75) is 6.54 Å². The molecule has 6 heteroatoms. The van der Waals surface area contributed by atoms with Gasteiger partial charge in [-0.05, 0) is 12.1 Å². The first-order valence-electron chi connectivity index (χ1n) is 4.30. The Morgan fingerprint density at radius 2 is 2.13 bits per heavy atom. The molecule has 76 valence electrons. The van der Waals surface area contributed by atoms with Gasteiger partial charge in [-0.2, -0.15) is 0 Å². The molecule has 0 fully saturated rings. The normalized spacial score (nSPS) is 10.3. The van der Waals surface area contributed by atoms with Crippen LogP contribution in [0.5, 0.6) is 0 Å². The van der Waals surface area contributed by atoms with Crippen LogP contribution in [0.15, 0.2) is 24.7 Å². The molecule has 0 saturated heterocycles. The molecule has 0 aliphatic rings. The van der Waals surface area contributed by atoms with E-state index in [1.165, 1.54) is 6.33 Å². The van der Waals surface area contributed by atoms with Crippen molar-refractivity contribution in [2.24, 2.45) is 5.73 Å². The molecule has 0 saturated carbocycles. The van der Waals surface area contributed by atoms with E-state index in [-0.39, 0.29) is 6.54 Å². The molecule has 2 rings (SSSR count). The molecule has 0 spiro atoms. The second-order valence-corrected chi connectivity index (χ2v) is 3.13. The van der Waals surface area contributed by atoms with Crippen molar-refractivity contribution in [3.8, 4) is 11.4 Å². The maximum Gasteiger partial charge on any atom is 0.166 e. The Hall–Kier alpha value is -1.59. The van der Waals surface area contributed by atoms with E-state index in [0.29, 0.717) is 22.4 Å². The predicted octanol–water partition coefficient (Wildman–Crippen LogP) is 1.05. The van der Waals surface area contributed by atoms with Gasteiger partial charge < -0.3 is 5.73 Å². The van der Waals surface area contributed by atoms with Gasteiger partial charge in [0.2, 0.25) is 0 Å². The summed E-state index contributed by atoms with van der Waals surface area (Å²) in [5.41, 5.74) is 6.11. The van der Waals surface area contributed by atoms with Crippen LogP contribution < -0.4 is 5.73 Å². The fourth-order valence-corrected chi connectivity index (χ4v) is 1.31. The fraction of sp³-hybridized carbons (Fsp3) is 0.111. The summed E-state index contributed by atoms with van der Waals surface area (Å²) >= 11 is 5.91.